The van der Waals surface area contributed by atoms with Gasteiger partial charge >= 0.3 is 0 Å². The summed E-state index contributed by atoms with van der Waals surface area (Å²) in [5, 5.41) is 10.5. The molecule has 2 rings (SSSR count). The zero-order valence-electron chi connectivity index (χ0n) is 10.1. The van der Waals surface area contributed by atoms with Crippen molar-refractivity contribution < 1.29 is 14.1 Å². The van der Waals surface area contributed by atoms with Crippen molar-refractivity contribution >= 4 is 23.2 Å². The quantitative estimate of drug-likeness (QED) is 0.687. The summed E-state index contributed by atoms with van der Waals surface area (Å²) in [6, 6.07) is 3.37. The molecular weight excluding hydrogens is 287 g/mol. The topological polar surface area (TPSA) is 86.2 Å². The van der Waals surface area contributed by atoms with E-state index in [0.717, 1.165) is 18.2 Å². The van der Waals surface area contributed by atoms with Crippen molar-refractivity contribution in [2.45, 2.75) is 5.67 Å². The summed E-state index contributed by atoms with van der Waals surface area (Å²) in [4.78, 5) is 21.4. The highest BCUT2D eigenvalue weighted by Crippen LogP contribution is 2.42. The van der Waals surface area contributed by atoms with Gasteiger partial charge in [0.25, 0.3) is 5.69 Å². The van der Waals surface area contributed by atoms with Gasteiger partial charge in [0.2, 0.25) is 5.91 Å². The van der Waals surface area contributed by atoms with E-state index >= 15 is 4.39 Å². The maximum absolute atomic E-state index is 15.1. The third-order valence-electron chi connectivity index (χ3n) is 3.09. The number of amides is 1. The van der Waals surface area contributed by atoms with Crippen molar-refractivity contribution in [1.82, 2.24) is 0 Å². The zero-order valence-corrected chi connectivity index (χ0v) is 10.9. The molecule has 0 saturated carbocycles. The van der Waals surface area contributed by atoms with Gasteiger partial charge in [0.05, 0.1) is 15.9 Å². The van der Waals surface area contributed by atoms with E-state index in [1.807, 2.05) is 0 Å². The van der Waals surface area contributed by atoms with Crippen molar-refractivity contribution in [3.63, 3.8) is 0 Å². The highest BCUT2D eigenvalue weighted by molar-refractivity contribution is 6.31. The van der Waals surface area contributed by atoms with Crippen LogP contribution in [0.2, 0.25) is 5.02 Å². The van der Waals surface area contributed by atoms with E-state index in [9.17, 15) is 14.9 Å². The van der Waals surface area contributed by atoms with E-state index in [1.54, 1.807) is 0 Å². The first kappa shape index (κ1) is 14.2. The molecule has 1 amide bonds. The number of hydrogen-bond donors (Lipinski definition) is 1. The zero-order chi connectivity index (χ0) is 14.9. The van der Waals surface area contributed by atoms with E-state index in [4.69, 9.17) is 17.3 Å². The predicted molar refractivity (Wildman–Crippen MR) is 71.9 cm³/mol. The van der Waals surface area contributed by atoms with Crippen molar-refractivity contribution in [3.8, 4) is 0 Å². The lowest BCUT2D eigenvalue weighted by Gasteiger charge is -2.30. The summed E-state index contributed by atoms with van der Waals surface area (Å²) in [6.45, 7) is 0. The maximum atomic E-state index is 15.1. The van der Waals surface area contributed by atoms with Gasteiger partial charge in [-0.25, -0.2) is 4.39 Å². The number of nitrogens with zero attached hydrogens (tertiary/aromatic N) is 1. The number of rotatable bonds is 3. The Bertz CT molecular complexity index is 645. The van der Waals surface area contributed by atoms with Crippen LogP contribution in [0.1, 0.15) is 5.56 Å². The molecule has 2 N–H and O–H groups in total. The van der Waals surface area contributed by atoms with Crippen LogP contribution in [0.5, 0.6) is 0 Å². The minimum absolute atomic E-state index is 0.0332. The summed E-state index contributed by atoms with van der Waals surface area (Å²) in [7, 11) is 0. The molecular formula is C13H10ClFN2O3. The van der Waals surface area contributed by atoms with E-state index < -0.39 is 22.4 Å². The normalized spacial score (nSPS) is 24.6. The third kappa shape index (κ3) is 2.30. The van der Waals surface area contributed by atoms with Gasteiger partial charge in [-0.3, -0.25) is 14.9 Å². The van der Waals surface area contributed by atoms with Crippen LogP contribution >= 0.6 is 11.6 Å². The highest BCUT2D eigenvalue weighted by atomic mass is 35.5. The van der Waals surface area contributed by atoms with Crippen LogP contribution in [0.25, 0.3) is 0 Å². The Morgan fingerprint density at radius 2 is 2.15 bits per heavy atom. The van der Waals surface area contributed by atoms with Crippen molar-refractivity contribution in [2.24, 2.45) is 11.7 Å². The van der Waals surface area contributed by atoms with Crippen molar-refractivity contribution in [1.29, 1.82) is 0 Å². The molecule has 1 aliphatic rings. The van der Waals surface area contributed by atoms with Gasteiger partial charge in [-0.2, -0.15) is 0 Å². The van der Waals surface area contributed by atoms with E-state index in [-0.39, 0.29) is 16.3 Å². The largest absolute Gasteiger partial charge is 0.369 e. The second-order valence-corrected chi connectivity index (χ2v) is 4.72. The minimum Gasteiger partial charge on any atom is -0.369 e. The second-order valence-electron chi connectivity index (χ2n) is 4.31. The van der Waals surface area contributed by atoms with Crippen LogP contribution in [0.4, 0.5) is 10.1 Å². The summed E-state index contributed by atoms with van der Waals surface area (Å²) >= 11 is 5.91. The molecule has 0 spiro atoms. The van der Waals surface area contributed by atoms with Gasteiger partial charge in [-0.1, -0.05) is 29.8 Å². The number of hydrogen-bond acceptors (Lipinski definition) is 3. The molecule has 0 radical (unpaired) electrons. The number of non-ortho nitro benzene ring substituents is 1. The molecule has 1 aliphatic carbocycles. The number of primary amides is 1. The summed E-state index contributed by atoms with van der Waals surface area (Å²) < 4.78 is 15.1. The van der Waals surface area contributed by atoms with Gasteiger partial charge < -0.3 is 5.73 Å². The molecule has 2 unspecified atom stereocenters. The van der Waals surface area contributed by atoms with E-state index in [1.165, 1.54) is 24.3 Å². The maximum Gasteiger partial charge on any atom is 0.270 e. The molecule has 7 heteroatoms. The molecule has 1 aromatic carbocycles. The first-order valence-corrected chi connectivity index (χ1v) is 6.02. The molecule has 20 heavy (non-hydrogen) atoms. The number of alkyl halides is 1. The van der Waals surface area contributed by atoms with Crippen LogP contribution in [0.15, 0.2) is 42.5 Å². The highest BCUT2D eigenvalue weighted by Gasteiger charge is 2.43. The van der Waals surface area contributed by atoms with Gasteiger partial charge in [-0.05, 0) is 12.1 Å². The Kier molecular flexibility index (Phi) is 3.59. The van der Waals surface area contributed by atoms with Gasteiger partial charge in [-0.15, -0.1) is 0 Å². The Hall–Kier alpha value is -2.21. The number of nitro groups is 1. The van der Waals surface area contributed by atoms with Gasteiger partial charge in [0, 0.05) is 17.7 Å². The summed E-state index contributed by atoms with van der Waals surface area (Å²) in [6.07, 6.45) is 5.43. The van der Waals surface area contributed by atoms with Crippen molar-refractivity contribution in [2.75, 3.05) is 0 Å². The Morgan fingerprint density at radius 1 is 1.45 bits per heavy atom. The van der Waals surface area contributed by atoms with Crippen LogP contribution in [-0.2, 0) is 10.5 Å². The molecule has 0 heterocycles. The smallest absolute Gasteiger partial charge is 0.270 e. The molecule has 0 fully saturated rings. The standard InChI is InChI=1S/C13H10ClFN2O3/c14-11-7-8(17(19)20)4-5-9(11)13(15)6-2-1-3-10(13)12(16)18/h1-7,10H,(H2,16,18). The SMILES string of the molecule is NC(=O)C1C=CC=CC1(F)c1ccc([N+](=O)[O-])cc1Cl. The average molecular weight is 297 g/mol. The van der Waals surface area contributed by atoms with Crippen LogP contribution in [0.3, 0.4) is 0 Å². The molecule has 0 aromatic heterocycles. The molecule has 0 aliphatic heterocycles. The molecule has 104 valence electrons. The molecule has 0 bridgehead atoms. The number of allylic oxidation sites excluding steroid dienone is 3. The van der Waals surface area contributed by atoms with Crippen LogP contribution < -0.4 is 5.73 Å². The van der Waals surface area contributed by atoms with E-state index in [2.05, 4.69) is 0 Å². The van der Waals surface area contributed by atoms with Crippen LogP contribution in [0, 0.1) is 16.0 Å². The number of carbonyl (C=O) groups excluding carboxylic acids is 1. The van der Waals surface area contributed by atoms with Crippen molar-refractivity contribution in [3.05, 3.63) is 63.2 Å². The number of benzene rings is 1. The molecule has 1 aromatic rings. The average Bonchev–Trinajstić information content (AvgIpc) is 2.38. The Balaban J connectivity index is 2.54. The van der Waals surface area contributed by atoms with Gasteiger partial charge in [0.15, 0.2) is 5.67 Å². The fourth-order valence-electron chi connectivity index (χ4n) is 2.10. The lowest BCUT2D eigenvalue weighted by Crippen LogP contribution is -2.38. The molecule has 0 saturated heterocycles. The number of carbonyl (C=O) groups is 1. The molecule has 2 atom stereocenters. The minimum atomic E-state index is -2.22. The van der Waals surface area contributed by atoms with E-state index in [0.29, 0.717) is 0 Å². The fourth-order valence-corrected chi connectivity index (χ4v) is 2.42. The summed E-state index contributed by atoms with van der Waals surface area (Å²) in [5.74, 6) is -2.06. The van der Waals surface area contributed by atoms with Gasteiger partial charge in [0.1, 0.15) is 0 Å². The number of halogens is 2. The summed E-state index contributed by atoms with van der Waals surface area (Å²) in [5.41, 5.74) is 2.69. The lowest BCUT2D eigenvalue weighted by molar-refractivity contribution is -0.384. The first-order valence-electron chi connectivity index (χ1n) is 5.65. The Labute approximate surface area is 118 Å². The first-order chi connectivity index (χ1) is 9.36. The lowest BCUT2D eigenvalue weighted by atomic mass is 9.79. The van der Waals surface area contributed by atoms with Crippen LogP contribution in [-0.4, -0.2) is 10.8 Å². The molecule has 5 nitrogen and oxygen atoms in total. The fraction of sp³-hybridized carbons (Fsp3) is 0.154. The predicted octanol–water partition coefficient (Wildman–Crippen LogP) is 2.64. The second kappa shape index (κ2) is 5.05. The monoisotopic (exact) mass is 296 g/mol. The number of nitro benzene ring substituents is 1. The Morgan fingerprint density at radius 3 is 2.70 bits per heavy atom. The third-order valence-corrected chi connectivity index (χ3v) is 3.40. The number of nitrogens with two attached hydrogens (primary N) is 1.